The third kappa shape index (κ3) is 3.20. The number of ether oxygens (including phenoxy) is 1. The van der Waals surface area contributed by atoms with Crippen LogP contribution in [0.4, 0.5) is 0 Å². The van der Waals surface area contributed by atoms with Crippen molar-refractivity contribution in [2.45, 2.75) is 44.5 Å². The predicted molar refractivity (Wildman–Crippen MR) is 74.7 cm³/mol. The lowest BCUT2D eigenvalue weighted by molar-refractivity contribution is -0.0441. The van der Waals surface area contributed by atoms with Crippen LogP contribution in [0.1, 0.15) is 26.3 Å². The molecule has 7 nitrogen and oxygen atoms in total. The molecule has 0 aliphatic carbocycles. The quantitative estimate of drug-likeness (QED) is 0.818. The molecule has 2 N–H and O–H groups in total. The molecule has 2 atom stereocenters. The Balaban J connectivity index is 2.23. The zero-order valence-corrected chi connectivity index (χ0v) is 12.9. The minimum Gasteiger partial charge on any atom is -0.373 e. The van der Waals surface area contributed by atoms with Crippen molar-refractivity contribution in [3.05, 3.63) is 11.8 Å². The van der Waals surface area contributed by atoms with Crippen molar-refractivity contribution in [1.82, 2.24) is 19.8 Å². The zero-order chi connectivity index (χ0) is 14.8. The topological polar surface area (TPSA) is 87.3 Å². The highest BCUT2D eigenvalue weighted by molar-refractivity contribution is 7.89. The van der Waals surface area contributed by atoms with E-state index in [-0.39, 0.29) is 17.2 Å². The highest BCUT2D eigenvalue weighted by Crippen LogP contribution is 2.22. The molecule has 1 saturated heterocycles. The number of rotatable bonds is 5. The van der Waals surface area contributed by atoms with Gasteiger partial charge >= 0.3 is 0 Å². The molecule has 0 radical (unpaired) electrons. The summed E-state index contributed by atoms with van der Waals surface area (Å²) in [6, 6.07) is 0. The summed E-state index contributed by atoms with van der Waals surface area (Å²) in [4.78, 5) is 0. The molecule has 0 aromatic carbocycles. The van der Waals surface area contributed by atoms with Gasteiger partial charge in [0.25, 0.3) is 10.0 Å². The number of nitrogens with zero attached hydrogens (tertiary/aromatic N) is 2. The monoisotopic (exact) mass is 302 g/mol. The van der Waals surface area contributed by atoms with Crippen LogP contribution in [0.2, 0.25) is 0 Å². The van der Waals surface area contributed by atoms with E-state index in [1.165, 1.54) is 4.31 Å². The number of hydrogen-bond acceptors (Lipinski definition) is 5. The van der Waals surface area contributed by atoms with E-state index in [1.807, 2.05) is 20.8 Å². The molecule has 0 unspecified atom stereocenters. The summed E-state index contributed by atoms with van der Waals surface area (Å²) < 4.78 is 32.4. The van der Waals surface area contributed by atoms with Gasteiger partial charge in [-0.3, -0.25) is 5.10 Å². The highest BCUT2D eigenvalue weighted by atomic mass is 32.2. The van der Waals surface area contributed by atoms with Crippen molar-refractivity contribution >= 4 is 10.0 Å². The van der Waals surface area contributed by atoms with Crippen LogP contribution in [0.3, 0.4) is 0 Å². The molecule has 1 fully saturated rings. The number of H-pyrrole nitrogens is 1. The van der Waals surface area contributed by atoms with Crippen LogP contribution in [0, 0.1) is 0 Å². The Morgan fingerprint density at radius 3 is 2.70 bits per heavy atom. The number of hydrogen-bond donors (Lipinski definition) is 2. The molecule has 8 heteroatoms. The van der Waals surface area contributed by atoms with Gasteiger partial charge in [0.2, 0.25) is 0 Å². The number of aromatic nitrogens is 2. The van der Waals surface area contributed by atoms with Crippen LogP contribution in [0.25, 0.3) is 0 Å². The largest absolute Gasteiger partial charge is 0.373 e. The summed E-state index contributed by atoms with van der Waals surface area (Å²) in [6.45, 7) is 7.72. The summed E-state index contributed by atoms with van der Waals surface area (Å²) in [6.07, 6.45) is 1.35. The lowest BCUT2D eigenvalue weighted by Crippen LogP contribution is -2.48. The lowest BCUT2D eigenvalue weighted by Gasteiger charge is -2.34. The molecule has 20 heavy (non-hydrogen) atoms. The van der Waals surface area contributed by atoms with Crippen LogP contribution in [0.5, 0.6) is 0 Å². The van der Waals surface area contributed by atoms with Crippen LogP contribution >= 0.6 is 0 Å². The van der Waals surface area contributed by atoms with Gasteiger partial charge in [0, 0.05) is 25.2 Å². The summed E-state index contributed by atoms with van der Waals surface area (Å²) in [5, 5.41) is 9.79. The van der Waals surface area contributed by atoms with Crippen LogP contribution in [-0.2, 0) is 21.3 Å². The summed E-state index contributed by atoms with van der Waals surface area (Å²) in [5.41, 5.74) is 0.665. The second-order valence-electron chi connectivity index (χ2n) is 5.08. The molecular weight excluding hydrogens is 280 g/mol. The Labute approximate surface area is 119 Å². The van der Waals surface area contributed by atoms with Crippen LogP contribution in [-0.4, -0.2) is 54.8 Å². The molecule has 0 amide bonds. The van der Waals surface area contributed by atoms with Crippen molar-refractivity contribution in [3.8, 4) is 0 Å². The highest BCUT2D eigenvalue weighted by Gasteiger charge is 2.34. The standard InChI is InChI=1S/C12H22N4O3S/c1-4-13-5-11-6-14-15-12(11)20(17,18)16-7-9(2)19-10(3)8-16/h6,9-10,13H,4-5,7-8H2,1-3H3,(H,14,15)/t9-,10+. The summed E-state index contributed by atoms with van der Waals surface area (Å²) in [5.74, 6) is 0. The maximum Gasteiger partial charge on any atom is 0.260 e. The first-order chi connectivity index (χ1) is 9.45. The maximum absolute atomic E-state index is 12.7. The fourth-order valence-electron chi connectivity index (χ4n) is 2.36. The summed E-state index contributed by atoms with van der Waals surface area (Å²) in [7, 11) is -3.55. The molecule has 2 heterocycles. The van der Waals surface area contributed by atoms with Crippen LogP contribution in [0.15, 0.2) is 11.2 Å². The fraction of sp³-hybridized carbons (Fsp3) is 0.750. The van der Waals surface area contributed by atoms with Gasteiger partial charge in [0.05, 0.1) is 18.4 Å². The van der Waals surface area contributed by atoms with E-state index in [9.17, 15) is 8.42 Å². The number of aromatic amines is 1. The average Bonchev–Trinajstić information content (AvgIpc) is 2.84. The van der Waals surface area contributed by atoms with E-state index in [2.05, 4.69) is 15.5 Å². The second kappa shape index (κ2) is 6.21. The van der Waals surface area contributed by atoms with E-state index in [4.69, 9.17) is 4.74 Å². The first kappa shape index (κ1) is 15.4. The molecule has 1 aromatic rings. The van der Waals surface area contributed by atoms with Crippen molar-refractivity contribution in [1.29, 1.82) is 0 Å². The number of nitrogens with one attached hydrogen (secondary N) is 2. The molecule has 114 valence electrons. The van der Waals surface area contributed by atoms with Gasteiger partial charge in [-0.1, -0.05) is 6.92 Å². The van der Waals surface area contributed by atoms with Gasteiger partial charge < -0.3 is 10.1 Å². The minimum atomic E-state index is -3.55. The van der Waals surface area contributed by atoms with Gasteiger partial charge in [0.1, 0.15) is 0 Å². The smallest absolute Gasteiger partial charge is 0.260 e. The Bertz CT molecular complexity index is 533. The molecule has 0 saturated carbocycles. The third-order valence-electron chi connectivity index (χ3n) is 3.23. The van der Waals surface area contributed by atoms with Gasteiger partial charge in [-0.2, -0.15) is 9.40 Å². The SMILES string of the molecule is CCNCc1cn[nH]c1S(=O)(=O)N1C[C@@H](C)O[C@@H](C)C1. The van der Waals surface area contributed by atoms with Gasteiger partial charge in [0.15, 0.2) is 5.03 Å². The molecule has 2 rings (SSSR count). The van der Waals surface area contributed by atoms with Gasteiger partial charge in [-0.15, -0.1) is 0 Å². The van der Waals surface area contributed by atoms with E-state index in [1.54, 1.807) is 6.20 Å². The molecule has 1 aromatic heterocycles. The van der Waals surface area contributed by atoms with E-state index in [0.29, 0.717) is 25.2 Å². The molecular formula is C12H22N4O3S. The van der Waals surface area contributed by atoms with E-state index < -0.39 is 10.0 Å². The average molecular weight is 302 g/mol. The third-order valence-corrected chi connectivity index (χ3v) is 5.07. The van der Waals surface area contributed by atoms with E-state index >= 15 is 0 Å². The van der Waals surface area contributed by atoms with Gasteiger partial charge in [-0.05, 0) is 20.4 Å². The normalized spacial score (nSPS) is 24.9. The van der Waals surface area contributed by atoms with Crippen molar-refractivity contribution in [2.75, 3.05) is 19.6 Å². The maximum atomic E-state index is 12.7. The first-order valence-corrected chi connectivity index (χ1v) is 8.27. The Kier molecular flexibility index (Phi) is 4.79. The summed E-state index contributed by atoms with van der Waals surface area (Å²) >= 11 is 0. The number of morpholine rings is 1. The van der Waals surface area contributed by atoms with Gasteiger partial charge in [-0.25, -0.2) is 8.42 Å². The Morgan fingerprint density at radius 2 is 2.10 bits per heavy atom. The predicted octanol–water partition coefficient (Wildman–Crippen LogP) is 0.317. The minimum absolute atomic E-state index is 0.103. The fourth-order valence-corrected chi connectivity index (χ4v) is 4.06. The zero-order valence-electron chi connectivity index (χ0n) is 12.1. The Morgan fingerprint density at radius 1 is 1.45 bits per heavy atom. The molecule has 1 aliphatic heterocycles. The van der Waals surface area contributed by atoms with Crippen molar-refractivity contribution in [3.63, 3.8) is 0 Å². The Hall–Kier alpha value is -0.960. The second-order valence-corrected chi connectivity index (χ2v) is 6.96. The molecule has 0 spiro atoms. The lowest BCUT2D eigenvalue weighted by atomic mass is 10.3. The number of sulfonamides is 1. The molecule has 1 aliphatic rings. The van der Waals surface area contributed by atoms with Crippen molar-refractivity contribution in [2.24, 2.45) is 0 Å². The van der Waals surface area contributed by atoms with Crippen LogP contribution < -0.4 is 5.32 Å². The van der Waals surface area contributed by atoms with E-state index in [0.717, 1.165) is 6.54 Å². The first-order valence-electron chi connectivity index (χ1n) is 6.83. The van der Waals surface area contributed by atoms with Crippen molar-refractivity contribution < 1.29 is 13.2 Å². The molecule has 0 bridgehead atoms.